The third-order valence-corrected chi connectivity index (χ3v) is 1.72. The van der Waals surface area contributed by atoms with Crippen LogP contribution in [0.4, 0.5) is 4.79 Å². The van der Waals surface area contributed by atoms with Gasteiger partial charge in [-0.15, -0.1) is 0 Å². The zero-order valence-corrected chi connectivity index (χ0v) is 8.02. The van der Waals surface area contributed by atoms with E-state index >= 15 is 0 Å². The zero-order chi connectivity index (χ0) is 10.4. The summed E-state index contributed by atoms with van der Waals surface area (Å²) in [7, 11) is 1.58. The van der Waals surface area contributed by atoms with Crippen molar-refractivity contribution in [3.63, 3.8) is 0 Å². The highest BCUT2D eigenvalue weighted by Gasteiger charge is 2.28. The van der Waals surface area contributed by atoms with Crippen LogP contribution in [0.25, 0.3) is 0 Å². The van der Waals surface area contributed by atoms with Crippen LogP contribution in [0.2, 0.25) is 0 Å². The molecule has 6 heteroatoms. The largest absolute Gasteiger partial charge is 0.418 e. The SMILES string of the molecule is COCCOCCN1CC(=O)OC1=O. The molecular weight excluding hydrogens is 190 g/mol. The predicted octanol–water partition coefficient (Wildman–Crippen LogP) is -0.372. The molecule has 0 aromatic rings. The van der Waals surface area contributed by atoms with Crippen LogP contribution < -0.4 is 0 Å². The summed E-state index contributed by atoms with van der Waals surface area (Å²) in [5, 5.41) is 0. The molecule has 14 heavy (non-hydrogen) atoms. The molecule has 1 aliphatic rings. The molecule has 1 saturated heterocycles. The minimum Gasteiger partial charge on any atom is -0.382 e. The summed E-state index contributed by atoms with van der Waals surface area (Å²) in [6, 6.07) is 0. The lowest BCUT2D eigenvalue weighted by molar-refractivity contribution is -0.132. The van der Waals surface area contributed by atoms with Crippen LogP contribution in [0.15, 0.2) is 0 Å². The van der Waals surface area contributed by atoms with E-state index in [0.29, 0.717) is 26.4 Å². The maximum atomic E-state index is 10.9. The number of esters is 1. The number of methoxy groups -OCH3 is 1. The van der Waals surface area contributed by atoms with Gasteiger partial charge in [0.05, 0.1) is 19.8 Å². The fourth-order valence-electron chi connectivity index (χ4n) is 1.00. The van der Waals surface area contributed by atoms with Gasteiger partial charge in [-0.2, -0.15) is 0 Å². The maximum absolute atomic E-state index is 10.9. The molecule has 0 radical (unpaired) electrons. The highest BCUT2D eigenvalue weighted by Crippen LogP contribution is 2.03. The van der Waals surface area contributed by atoms with Gasteiger partial charge in [0.25, 0.3) is 0 Å². The Bertz CT molecular complexity index is 218. The van der Waals surface area contributed by atoms with Crippen molar-refractivity contribution >= 4 is 12.1 Å². The lowest BCUT2D eigenvalue weighted by Crippen LogP contribution is -2.28. The molecule has 6 nitrogen and oxygen atoms in total. The number of carbonyl (C=O) groups is 2. The van der Waals surface area contributed by atoms with Gasteiger partial charge in [0.15, 0.2) is 0 Å². The van der Waals surface area contributed by atoms with Gasteiger partial charge in [0.1, 0.15) is 6.54 Å². The molecule has 1 amide bonds. The van der Waals surface area contributed by atoms with E-state index in [1.807, 2.05) is 0 Å². The van der Waals surface area contributed by atoms with Crippen molar-refractivity contribution in [2.24, 2.45) is 0 Å². The molecule has 0 N–H and O–H groups in total. The minimum absolute atomic E-state index is 0.0203. The first-order chi connectivity index (χ1) is 6.74. The summed E-state index contributed by atoms with van der Waals surface area (Å²) < 4.78 is 14.2. The molecule has 0 aromatic heterocycles. The summed E-state index contributed by atoms with van der Waals surface area (Å²) in [6.45, 7) is 1.77. The normalized spacial score (nSPS) is 16.2. The molecular formula is C8H13NO5. The van der Waals surface area contributed by atoms with Crippen molar-refractivity contribution in [3.05, 3.63) is 0 Å². The molecule has 0 aliphatic carbocycles. The Hall–Kier alpha value is -1.14. The number of rotatable bonds is 6. The van der Waals surface area contributed by atoms with Gasteiger partial charge in [0, 0.05) is 13.7 Å². The first-order valence-corrected chi connectivity index (χ1v) is 4.30. The Morgan fingerprint density at radius 1 is 1.36 bits per heavy atom. The quantitative estimate of drug-likeness (QED) is 0.335. The third-order valence-electron chi connectivity index (χ3n) is 1.72. The second-order valence-electron chi connectivity index (χ2n) is 2.77. The zero-order valence-electron chi connectivity index (χ0n) is 8.02. The van der Waals surface area contributed by atoms with E-state index in [4.69, 9.17) is 9.47 Å². The van der Waals surface area contributed by atoms with E-state index in [0.717, 1.165) is 0 Å². The van der Waals surface area contributed by atoms with E-state index < -0.39 is 12.1 Å². The number of amides is 1. The second kappa shape index (κ2) is 5.56. The number of hydrogen-bond donors (Lipinski definition) is 0. The van der Waals surface area contributed by atoms with Gasteiger partial charge in [-0.25, -0.2) is 9.59 Å². The van der Waals surface area contributed by atoms with E-state index in [2.05, 4.69) is 4.74 Å². The van der Waals surface area contributed by atoms with Crippen LogP contribution in [-0.4, -0.2) is 57.0 Å². The molecule has 1 heterocycles. The fraction of sp³-hybridized carbons (Fsp3) is 0.750. The first-order valence-electron chi connectivity index (χ1n) is 4.30. The van der Waals surface area contributed by atoms with Crippen molar-refractivity contribution in [3.8, 4) is 0 Å². The molecule has 0 unspecified atom stereocenters. The third kappa shape index (κ3) is 3.31. The van der Waals surface area contributed by atoms with E-state index in [9.17, 15) is 9.59 Å². The molecule has 0 bridgehead atoms. The summed E-state index contributed by atoms with van der Waals surface area (Å²) in [5.41, 5.74) is 0. The first kappa shape index (κ1) is 10.9. The van der Waals surface area contributed by atoms with Gasteiger partial charge in [-0.1, -0.05) is 0 Å². The van der Waals surface area contributed by atoms with Crippen molar-refractivity contribution < 1.29 is 23.8 Å². The number of carbonyl (C=O) groups excluding carboxylic acids is 2. The predicted molar refractivity (Wildman–Crippen MR) is 45.8 cm³/mol. The average Bonchev–Trinajstić information content (AvgIpc) is 2.45. The van der Waals surface area contributed by atoms with Gasteiger partial charge >= 0.3 is 12.1 Å². The maximum Gasteiger partial charge on any atom is 0.418 e. The molecule has 80 valence electrons. The standard InChI is InChI=1S/C8H13NO5/c1-12-4-5-13-3-2-9-6-7(10)14-8(9)11/h2-6H2,1H3. The molecule has 0 atom stereocenters. The topological polar surface area (TPSA) is 65.1 Å². The van der Waals surface area contributed by atoms with Gasteiger partial charge in [0.2, 0.25) is 0 Å². The number of nitrogens with zero attached hydrogens (tertiary/aromatic N) is 1. The second-order valence-corrected chi connectivity index (χ2v) is 2.77. The van der Waals surface area contributed by atoms with Crippen LogP contribution >= 0.6 is 0 Å². The summed E-state index contributed by atoms with van der Waals surface area (Å²) >= 11 is 0. The van der Waals surface area contributed by atoms with Gasteiger partial charge < -0.3 is 14.2 Å². The van der Waals surface area contributed by atoms with Gasteiger partial charge in [-0.3, -0.25) is 4.90 Å². The number of hydrogen-bond acceptors (Lipinski definition) is 5. The van der Waals surface area contributed by atoms with Crippen LogP contribution in [0.1, 0.15) is 0 Å². The fourth-order valence-corrected chi connectivity index (χ4v) is 1.00. The number of cyclic esters (lactones) is 2. The molecule has 0 aromatic carbocycles. The highest BCUT2D eigenvalue weighted by molar-refractivity contribution is 5.92. The number of ether oxygens (including phenoxy) is 3. The van der Waals surface area contributed by atoms with Crippen molar-refractivity contribution in [1.82, 2.24) is 4.90 Å². The average molecular weight is 203 g/mol. The molecule has 1 fully saturated rings. The highest BCUT2D eigenvalue weighted by atomic mass is 16.6. The van der Waals surface area contributed by atoms with Crippen molar-refractivity contribution in [2.45, 2.75) is 0 Å². The van der Waals surface area contributed by atoms with Crippen molar-refractivity contribution in [1.29, 1.82) is 0 Å². The molecule has 0 saturated carbocycles. The Morgan fingerprint density at radius 3 is 2.71 bits per heavy atom. The summed E-state index contributed by atoms with van der Waals surface area (Å²) in [5.74, 6) is -0.508. The van der Waals surface area contributed by atoms with E-state index in [1.54, 1.807) is 7.11 Å². The Kier molecular flexibility index (Phi) is 4.34. The smallest absolute Gasteiger partial charge is 0.382 e. The lowest BCUT2D eigenvalue weighted by Gasteiger charge is -2.10. The van der Waals surface area contributed by atoms with Crippen LogP contribution in [0.5, 0.6) is 0 Å². The molecule has 0 spiro atoms. The summed E-state index contributed by atoms with van der Waals surface area (Å²) in [6.07, 6.45) is -0.592. The van der Waals surface area contributed by atoms with Crippen LogP contribution in [0, 0.1) is 0 Å². The summed E-state index contributed by atoms with van der Waals surface area (Å²) in [4.78, 5) is 22.9. The van der Waals surface area contributed by atoms with E-state index in [1.165, 1.54) is 4.90 Å². The minimum atomic E-state index is -0.592. The Labute approximate surface area is 81.7 Å². The Morgan fingerprint density at radius 2 is 2.14 bits per heavy atom. The monoisotopic (exact) mass is 203 g/mol. The lowest BCUT2D eigenvalue weighted by atomic mass is 10.5. The van der Waals surface area contributed by atoms with Gasteiger partial charge in [-0.05, 0) is 0 Å². The van der Waals surface area contributed by atoms with Crippen LogP contribution in [0.3, 0.4) is 0 Å². The molecule has 1 aliphatic heterocycles. The van der Waals surface area contributed by atoms with Crippen molar-refractivity contribution in [2.75, 3.05) is 40.0 Å². The van der Waals surface area contributed by atoms with Crippen LogP contribution in [-0.2, 0) is 19.0 Å². The molecule has 1 rings (SSSR count). The Balaban J connectivity index is 2.07. The van der Waals surface area contributed by atoms with E-state index in [-0.39, 0.29) is 6.54 Å².